The van der Waals surface area contributed by atoms with Crippen LogP contribution in [0.1, 0.15) is 5.56 Å². The summed E-state index contributed by atoms with van der Waals surface area (Å²) in [5.41, 5.74) is -0.188. The topological polar surface area (TPSA) is 3.88 Å². The second-order valence-corrected chi connectivity index (χ2v) is 4.89. The van der Waals surface area contributed by atoms with Crippen molar-refractivity contribution in [2.75, 3.05) is 0 Å². The molecule has 0 aliphatic heterocycles. The lowest BCUT2D eigenvalue weighted by Gasteiger charge is -2.05. The summed E-state index contributed by atoms with van der Waals surface area (Å²) < 4.78 is 39.9. The van der Waals surface area contributed by atoms with E-state index in [0.29, 0.717) is 5.69 Å². The van der Waals surface area contributed by atoms with E-state index in [1.54, 1.807) is 24.3 Å². The van der Waals surface area contributed by atoms with Gasteiger partial charge in [-0.05, 0) is 23.7 Å². The van der Waals surface area contributed by atoms with Crippen LogP contribution in [0.4, 0.5) is 13.2 Å². The smallest absolute Gasteiger partial charge is 0.166 e. The zero-order valence-electron chi connectivity index (χ0n) is 8.88. The lowest BCUT2D eigenvalue weighted by molar-refractivity contribution is -0.594. The highest BCUT2D eigenvalue weighted by molar-refractivity contribution is 9.10. The van der Waals surface area contributed by atoms with Gasteiger partial charge in [0.1, 0.15) is 5.56 Å². The van der Waals surface area contributed by atoms with Gasteiger partial charge in [-0.25, -0.2) is 0 Å². The van der Waals surface area contributed by atoms with Gasteiger partial charge in [0, 0.05) is 22.7 Å². The number of alkyl halides is 3. The molecule has 0 amide bonds. The molecule has 1 heterocycles. The molecule has 0 saturated carbocycles. The third kappa shape index (κ3) is 2.84. The molecule has 0 aliphatic rings. The van der Waals surface area contributed by atoms with Gasteiger partial charge in [0.15, 0.2) is 6.20 Å². The van der Waals surface area contributed by atoms with E-state index in [4.69, 9.17) is 11.6 Å². The van der Waals surface area contributed by atoms with Gasteiger partial charge in [0.25, 0.3) is 5.15 Å². The van der Waals surface area contributed by atoms with Crippen molar-refractivity contribution >= 4 is 27.5 Å². The predicted octanol–water partition coefficient (Wildman–Crippen LogP) is 4.40. The van der Waals surface area contributed by atoms with Crippen molar-refractivity contribution in [1.29, 1.82) is 0 Å². The van der Waals surface area contributed by atoms with Gasteiger partial charge in [-0.1, -0.05) is 22.0 Å². The molecule has 0 fully saturated rings. The summed E-state index contributed by atoms with van der Waals surface area (Å²) in [6, 6.07) is 9.06. The first-order valence-electron chi connectivity index (χ1n) is 4.92. The minimum Gasteiger partial charge on any atom is -0.166 e. The minimum absolute atomic E-state index is 0.209. The van der Waals surface area contributed by atoms with E-state index in [2.05, 4.69) is 15.9 Å². The van der Waals surface area contributed by atoms with Crippen molar-refractivity contribution in [1.82, 2.24) is 0 Å². The predicted molar refractivity (Wildman–Crippen MR) is 65.7 cm³/mol. The van der Waals surface area contributed by atoms with E-state index in [1.807, 2.05) is 0 Å². The van der Waals surface area contributed by atoms with Crippen LogP contribution in [-0.2, 0) is 6.18 Å². The summed E-state index contributed by atoms with van der Waals surface area (Å²) in [7, 11) is 0. The average molecular weight is 338 g/mol. The molecule has 2 rings (SSSR count). The van der Waals surface area contributed by atoms with E-state index in [1.165, 1.54) is 10.6 Å². The Hall–Kier alpha value is -1.07. The highest BCUT2D eigenvalue weighted by Gasteiger charge is 2.34. The van der Waals surface area contributed by atoms with Crippen LogP contribution in [0.25, 0.3) is 5.69 Å². The fraction of sp³-hybridized carbons (Fsp3) is 0.0833. The fourth-order valence-corrected chi connectivity index (χ4v) is 2.07. The molecular formula is C12H7BrClF3N+. The molecule has 0 aliphatic carbocycles. The Kier molecular flexibility index (Phi) is 3.64. The Labute approximate surface area is 115 Å². The number of pyridine rings is 1. The molecule has 0 atom stereocenters. The monoisotopic (exact) mass is 336 g/mol. The van der Waals surface area contributed by atoms with Crippen molar-refractivity contribution in [2.24, 2.45) is 0 Å². The summed E-state index contributed by atoms with van der Waals surface area (Å²) in [5.74, 6) is 0. The first-order valence-corrected chi connectivity index (χ1v) is 6.09. The van der Waals surface area contributed by atoms with Crippen molar-refractivity contribution in [3.63, 3.8) is 0 Å². The molecule has 2 aromatic rings. The third-order valence-corrected chi connectivity index (χ3v) is 3.11. The summed E-state index contributed by atoms with van der Waals surface area (Å²) in [6.07, 6.45) is -3.41. The van der Waals surface area contributed by atoms with Crippen LogP contribution in [0.3, 0.4) is 0 Å². The van der Waals surface area contributed by atoms with E-state index in [-0.39, 0.29) is 5.15 Å². The number of halogens is 5. The molecule has 94 valence electrons. The zero-order valence-corrected chi connectivity index (χ0v) is 11.2. The number of hydrogen-bond acceptors (Lipinski definition) is 0. The summed E-state index contributed by atoms with van der Waals surface area (Å²) >= 11 is 9.18. The number of hydrogen-bond donors (Lipinski definition) is 0. The normalized spacial score (nSPS) is 11.6. The lowest BCUT2D eigenvalue weighted by atomic mass is 10.2. The zero-order chi connectivity index (χ0) is 13.3. The summed E-state index contributed by atoms with van der Waals surface area (Å²) in [6.45, 7) is 0. The summed E-state index contributed by atoms with van der Waals surface area (Å²) in [5, 5.41) is 0.209. The van der Waals surface area contributed by atoms with E-state index < -0.39 is 11.7 Å². The van der Waals surface area contributed by atoms with E-state index >= 15 is 0 Å². The first-order chi connectivity index (χ1) is 8.38. The van der Waals surface area contributed by atoms with Gasteiger partial charge in [0.05, 0.1) is 0 Å². The molecule has 0 radical (unpaired) electrons. The average Bonchev–Trinajstić information content (AvgIpc) is 2.28. The molecular weight excluding hydrogens is 330 g/mol. The maximum atomic E-state index is 12.6. The molecule has 6 heteroatoms. The molecule has 0 unspecified atom stereocenters. The van der Waals surface area contributed by atoms with Crippen molar-refractivity contribution < 1.29 is 17.7 Å². The van der Waals surface area contributed by atoms with Gasteiger partial charge < -0.3 is 0 Å². The highest BCUT2D eigenvalue weighted by Crippen LogP contribution is 2.29. The number of rotatable bonds is 1. The van der Waals surface area contributed by atoms with Gasteiger partial charge >= 0.3 is 6.18 Å². The van der Waals surface area contributed by atoms with Crippen LogP contribution >= 0.6 is 27.5 Å². The minimum atomic E-state index is -4.39. The quantitative estimate of drug-likeness (QED) is 0.536. The molecule has 1 aromatic carbocycles. The second-order valence-electron chi connectivity index (χ2n) is 3.59. The van der Waals surface area contributed by atoms with E-state index in [0.717, 1.165) is 16.7 Å². The van der Waals surface area contributed by atoms with Crippen molar-refractivity contribution in [2.45, 2.75) is 6.18 Å². The Balaban J connectivity index is 2.57. The van der Waals surface area contributed by atoms with Crippen LogP contribution < -0.4 is 4.57 Å². The second kappa shape index (κ2) is 4.90. The van der Waals surface area contributed by atoms with Crippen molar-refractivity contribution in [3.8, 4) is 5.69 Å². The van der Waals surface area contributed by atoms with Crippen LogP contribution in [0.2, 0.25) is 5.15 Å². The lowest BCUT2D eigenvalue weighted by Crippen LogP contribution is -2.33. The van der Waals surface area contributed by atoms with Crippen LogP contribution in [0.15, 0.2) is 47.1 Å². The van der Waals surface area contributed by atoms with Crippen molar-refractivity contribution in [3.05, 3.63) is 57.8 Å². The Morgan fingerprint density at radius 3 is 2.44 bits per heavy atom. The Morgan fingerprint density at radius 2 is 1.83 bits per heavy atom. The van der Waals surface area contributed by atoms with Gasteiger partial charge in [-0.3, -0.25) is 0 Å². The molecule has 1 aromatic heterocycles. The van der Waals surface area contributed by atoms with Gasteiger partial charge in [0.2, 0.25) is 5.69 Å². The molecule has 0 N–H and O–H groups in total. The fourth-order valence-electron chi connectivity index (χ4n) is 1.47. The molecule has 0 bridgehead atoms. The molecule has 1 nitrogen and oxygen atoms in total. The van der Waals surface area contributed by atoms with E-state index in [9.17, 15) is 13.2 Å². The number of benzene rings is 1. The van der Waals surface area contributed by atoms with Crippen LogP contribution in [0.5, 0.6) is 0 Å². The van der Waals surface area contributed by atoms with Crippen LogP contribution in [-0.4, -0.2) is 0 Å². The molecule has 0 saturated heterocycles. The van der Waals surface area contributed by atoms with Gasteiger partial charge in [-0.2, -0.15) is 13.2 Å². The van der Waals surface area contributed by atoms with Crippen LogP contribution in [0, 0.1) is 0 Å². The third-order valence-electron chi connectivity index (χ3n) is 2.31. The Bertz CT molecular complexity index is 584. The largest absolute Gasteiger partial charge is 0.422 e. The standard InChI is InChI=1S/C12H7BrClF3N/c13-9-2-1-3-10(6-9)18-7-8(12(15,16)17)4-5-11(18)14/h1-7H/q+1. The Morgan fingerprint density at radius 1 is 1.11 bits per heavy atom. The SMILES string of the molecule is FC(F)(F)c1ccc(Cl)[n+](-c2cccc(Br)c2)c1. The number of nitrogens with zero attached hydrogens (tertiary/aromatic N) is 1. The maximum absolute atomic E-state index is 12.6. The maximum Gasteiger partial charge on any atom is 0.422 e. The first kappa shape index (κ1) is 13.4. The summed E-state index contributed by atoms with van der Waals surface area (Å²) in [4.78, 5) is 0. The molecule has 18 heavy (non-hydrogen) atoms. The highest BCUT2D eigenvalue weighted by atomic mass is 79.9. The van der Waals surface area contributed by atoms with Gasteiger partial charge in [-0.15, -0.1) is 4.57 Å². The molecule has 0 spiro atoms. The number of aromatic nitrogens is 1.